The van der Waals surface area contributed by atoms with E-state index in [1.807, 2.05) is 67.5 Å². The van der Waals surface area contributed by atoms with Gasteiger partial charge in [0.2, 0.25) is 5.91 Å². The lowest BCUT2D eigenvalue weighted by molar-refractivity contribution is -0.113. The number of morpholine rings is 1. The van der Waals surface area contributed by atoms with Gasteiger partial charge in [0.15, 0.2) is 5.16 Å². The number of nitrogens with one attached hydrogen (secondary N) is 1. The van der Waals surface area contributed by atoms with E-state index in [9.17, 15) is 9.59 Å². The third-order valence-electron chi connectivity index (χ3n) is 5.79. The van der Waals surface area contributed by atoms with Gasteiger partial charge < -0.3 is 15.0 Å². The van der Waals surface area contributed by atoms with Gasteiger partial charge in [-0.15, -0.1) is 0 Å². The van der Waals surface area contributed by atoms with Crippen LogP contribution >= 0.6 is 11.8 Å². The number of carbonyl (C=O) groups is 1. The summed E-state index contributed by atoms with van der Waals surface area (Å²) in [5.41, 5.74) is 2.40. The maximum absolute atomic E-state index is 13.2. The molecule has 0 unspecified atom stereocenters. The van der Waals surface area contributed by atoms with Crippen molar-refractivity contribution in [2.24, 2.45) is 0 Å². The lowest BCUT2D eigenvalue weighted by Gasteiger charge is -2.26. The molecule has 1 aromatic heterocycles. The number of nitrogens with zero attached hydrogens (tertiary/aromatic N) is 4. The molecular formula is C25H31N5O3S. The number of thioether (sulfide) groups is 1. The molecule has 1 aliphatic rings. The highest BCUT2D eigenvalue weighted by Crippen LogP contribution is 2.20. The van der Waals surface area contributed by atoms with Crippen LogP contribution < -0.4 is 15.8 Å². The van der Waals surface area contributed by atoms with Crippen molar-refractivity contribution in [1.82, 2.24) is 14.5 Å². The molecule has 180 valence electrons. The molecule has 4 rings (SSSR count). The second-order valence-electron chi connectivity index (χ2n) is 8.45. The molecule has 0 saturated carbocycles. The summed E-state index contributed by atoms with van der Waals surface area (Å²) in [4.78, 5) is 34.9. The van der Waals surface area contributed by atoms with Crippen molar-refractivity contribution < 1.29 is 9.53 Å². The van der Waals surface area contributed by atoms with E-state index >= 15 is 0 Å². The molecule has 2 aromatic carbocycles. The summed E-state index contributed by atoms with van der Waals surface area (Å²) in [5, 5.41) is 4.10. The Morgan fingerprint density at radius 2 is 1.82 bits per heavy atom. The summed E-state index contributed by atoms with van der Waals surface area (Å²) in [5.74, 6) is 0.0359. The Hall–Kier alpha value is -2.88. The topological polar surface area (TPSA) is 79.7 Å². The van der Waals surface area contributed by atoms with Crippen LogP contribution in [-0.2, 0) is 16.1 Å². The van der Waals surface area contributed by atoms with Crippen molar-refractivity contribution in [3.8, 4) is 0 Å². The van der Waals surface area contributed by atoms with Gasteiger partial charge in [0, 0.05) is 51.6 Å². The first-order valence-electron chi connectivity index (χ1n) is 11.5. The molecule has 0 bridgehead atoms. The molecule has 1 saturated heterocycles. The normalized spacial score (nSPS) is 14.3. The molecule has 0 radical (unpaired) electrons. The van der Waals surface area contributed by atoms with Gasteiger partial charge in [0.1, 0.15) is 0 Å². The number of anilines is 2. The number of rotatable bonds is 9. The molecule has 1 aliphatic heterocycles. The minimum atomic E-state index is -0.134. The number of hydrogen-bond donors (Lipinski definition) is 1. The zero-order chi connectivity index (χ0) is 23.9. The number of amides is 1. The number of benzene rings is 2. The molecule has 2 heterocycles. The second-order valence-corrected chi connectivity index (χ2v) is 9.40. The maximum atomic E-state index is 13.2. The molecule has 8 nitrogen and oxygen atoms in total. The Morgan fingerprint density at radius 1 is 1.09 bits per heavy atom. The summed E-state index contributed by atoms with van der Waals surface area (Å²) < 4.78 is 7.13. The lowest BCUT2D eigenvalue weighted by atomic mass is 10.2. The van der Waals surface area contributed by atoms with E-state index in [-0.39, 0.29) is 17.2 Å². The van der Waals surface area contributed by atoms with Gasteiger partial charge in [-0.05, 0) is 42.8 Å². The molecule has 1 N–H and O–H groups in total. The zero-order valence-corrected chi connectivity index (χ0v) is 20.5. The third-order valence-corrected chi connectivity index (χ3v) is 6.76. The molecular weight excluding hydrogens is 450 g/mol. The summed E-state index contributed by atoms with van der Waals surface area (Å²) in [6, 6.07) is 15.1. The summed E-state index contributed by atoms with van der Waals surface area (Å²) in [6.45, 7) is 4.81. The zero-order valence-electron chi connectivity index (χ0n) is 19.7. The lowest BCUT2D eigenvalue weighted by Crippen LogP contribution is -2.37. The van der Waals surface area contributed by atoms with Gasteiger partial charge >= 0.3 is 0 Å². The SMILES string of the molecule is CN(C)c1ccc(NC(=O)CSc2nc3ccccc3c(=O)n2CCCN2CCOCC2)cc1. The largest absolute Gasteiger partial charge is 0.379 e. The van der Waals surface area contributed by atoms with E-state index in [1.165, 1.54) is 11.8 Å². The van der Waals surface area contributed by atoms with E-state index in [0.717, 1.165) is 50.6 Å². The van der Waals surface area contributed by atoms with E-state index in [0.29, 0.717) is 22.6 Å². The van der Waals surface area contributed by atoms with E-state index < -0.39 is 0 Å². The number of aromatic nitrogens is 2. The Labute approximate surface area is 203 Å². The number of ether oxygens (including phenoxy) is 1. The van der Waals surface area contributed by atoms with Crippen LogP contribution in [0.25, 0.3) is 10.9 Å². The van der Waals surface area contributed by atoms with Crippen LogP contribution in [0.3, 0.4) is 0 Å². The highest BCUT2D eigenvalue weighted by Gasteiger charge is 2.15. The van der Waals surface area contributed by atoms with Crippen molar-refractivity contribution in [1.29, 1.82) is 0 Å². The Kier molecular flexibility index (Phi) is 8.21. The Morgan fingerprint density at radius 3 is 2.56 bits per heavy atom. The van der Waals surface area contributed by atoms with Gasteiger partial charge in [0.05, 0.1) is 29.9 Å². The maximum Gasteiger partial charge on any atom is 0.262 e. The van der Waals surface area contributed by atoms with Crippen LogP contribution in [0.2, 0.25) is 0 Å². The van der Waals surface area contributed by atoms with Crippen LogP contribution in [0.5, 0.6) is 0 Å². The van der Waals surface area contributed by atoms with Crippen LogP contribution in [0.15, 0.2) is 58.5 Å². The molecule has 0 aliphatic carbocycles. The Bertz CT molecular complexity index is 1170. The van der Waals surface area contributed by atoms with Crippen molar-refractivity contribution in [2.75, 3.05) is 62.9 Å². The van der Waals surface area contributed by atoms with Gasteiger partial charge in [-0.1, -0.05) is 23.9 Å². The van der Waals surface area contributed by atoms with Gasteiger partial charge in [-0.3, -0.25) is 19.1 Å². The molecule has 3 aromatic rings. The monoisotopic (exact) mass is 481 g/mol. The molecule has 0 atom stereocenters. The molecule has 34 heavy (non-hydrogen) atoms. The van der Waals surface area contributed by atoms with E-state index in [2.05, 4.69) is 10.2 Å². The molecule has 0 spiro atoms. The van der Waals surface area contributed by atoms with Gasteiger partial charge in [-0.25, -0.2) is 4.98 Å². The van der Waals surface area contributed by atoms with E-state index in [1.54, 1.807) is 4.57 Å². The minimum Gasteiger partial charge on any atom is -0.379 e. The highest BCUT2D eigenvalue weighted by atomic mass is 32.2. The van der Waals surface area contributed by atoms with Crippen LogP contribution in [0.1, 0.15) is 6.42 Å². The first-order valence-corrected chi connectivity index (χ1v) is 12.5. The summed E-state index contributed by atoms with van der Waals surface area (Å²) in [6.07, 6.45) is 0.831. The predicted octanol–water partition coefficient (Wildman–Crippen LogP) is 2.92. The highest BCUT2D eigenvalue weighted by molar-refractivity contribution is 7.99. The first-order chi connectivity index (χ1) is 16.5. The standard InChI is InChI=1S/C25H31N5O3S/c1-28(2)20-10-8-19(9-11-20)26-23(31)18-34-25-27-22-7-4-3-6-21(22)24(32)30(25)13-5-12-29-14-16-33-17-15-29/h3-4,6-11H,5,12-18H2,1-2H3,(H,26,31). The third kappa shape index (κ3) is 6.16. The number of carbonyl (C=O) groups excluding carboxylic acids is 1. The van der Waals surface area contributed by atoms with Crippen LogP contribution in [0.4, 0.5) is 11.4 Å². The van der Waals surface area contributed by atoms with Crippen LogP contribution in [-0.4, -0.2) is 73.1 Å². The fourth-order valence-corrected chi connectivity index (χ4v) is 4.73. The number of fused-ring (bicyclic) bond motifs is 1. The Balaban J connectivity index is 1.44. The fraction of sp³-hybridized carbons (Fsp3) is 0.400. The van der Waals surface area contributed by atoms with Crippen molar-refractivity contribution in [2.45, 2.75) is 18.1 Å². The average Bonchev–Trinajstić information content (AvgIpc) is 2.85. The first kappa shape index (κ1) is 24.3. The van der Waals surface area contributed by atoms with Crippen molar-refractivity contribution >= 4 is 39.9 Å². The average molecular weight is 482 g/mol. The van der Waals surface area contributed by atoms with Crippen molar-refractivity contribution in [3.05, 3.63) is 58.9 Å². The van der Waals surface area contributed by atoms with Crippen molar-refractivity contribution in [3.63, 3.8) is 0 Å². The quantitative estimate of drug-likeness (QED) is 0.372. The van der Waals surface area contributed by atoms with E-state index in [4.69, 9.17) is 9.72 Å². The van der Waals surface area contributed by atoms with Gasteiger partial charge in [0.25, 0.3) is 5.56 Å². The number of hydrogen-bond acceptors (Lipinski definition) is 7. The smallest absolute Gasteiger partial charge is 0.262 e. The van der Waals surface area contributed by atoms with Gasteiger partial charge in [-0.2, -0.15) is 0 Å². The number of para-hydroxylation sites is 1. The minimum absolute atomic E-state index is 0.0604. The molecule has 1 fully saturated rings. The predicted molar refractivity (Wildman–Crippen MR) is 138 cm³/mol. The summed E-state index contributed by atoms with van der Waals surface area (Å²) in [7, 11) is 3.95. The summed E-state index contributed by atoms with van der Waals surface area (Å²) >= 11 is 1.30. The van der Waals surface area contributed by atoms with Crippen LogP contribution in [0, 0.1) is 0 Å². The molecule has 1 amide bonds. The fourth-order valence-electron chi connectivity index (χ4n) is 3.90. The molecule has 9 heteroatoms. The second kappa shape index (κ2) is 11.5.